The first-order valence-electron chi connectivity index (χ1n) is 5.78. The quantitative estimate of drug-likeness (QED) is 0.729. The molecule has 0 spiro atoms. The molecule has 0 saturated heterocycles. The molecule has 0 aliphatic heterocycles. The molecule has 0 fully saturated rings. The van der Waals surface area contributed by atoms with Gasteiger partial charge in [0, 0.05) is 0 Å². The molecule has 2 heteroatoms. The fourth-order valence-electron chi connectivity index (χ4n) is 1.91. The van der Waals surface area contributed by atoms with E-state index in [0.29, 0.717) is 0 Å². The molecular weight excluding hydrogens is 224 g/mol. The van der Waals surface area contributed by atoms with Crippen molar-refractivity contribution in [3.05, 3.63) is 71.8 Å². The van der Waals surface area contributed by atoms with Crippen LogP contribution in [0.3, 0.4) is 0 Å². The van der Waals surface area contributed by atoms with Gasteiger partial charge in [-0.15, -0.1) is 0 Å². The Bertz CT molecular complexity index is 386. The number of hydrogen-bond donors (Lipinski definition) is 0. The van der Waals surface area contributed by atoms with E-state index < -0.39 is 0 Å². The highest BCUT2D eigenvalue weighted by Crippen LogP contribution is 2.11. The molecule has 1 nitrogen and oxygen atoms in total. The minimum atomic E-state index is 0.163. The van der Waals surface area contributed by atoms with Crippen LogP contribution in [0.25, 0.3) is 0 Å². The summed E-state index contributed by atoms with van der Waals surface area (Å²) in [5.74, 6) is 0. The number of hydrogen-bond acceptors (Lipinski definition) is 1. The van der Waals surface area contributed by atoms with Gasteiger partial charge in [-0.1, -0.05) is 60.7 Å². The molecule has 17 heavy (non-hydrogen) atoms. The lowest BCUT2D eigenvalue weighted by atomic mass is 10.0. The van der Waals surface area contributed by atoms with Gasteiger partial charge in [-0.25, -0.2) is 0 Å². The summed E-state index contributed by atoms with van der Waals surface area (Å²) in [6, 6.07) is 20.8. The molecule has 2 rings (SSSR count). The molecule has 2 aromatic carbocycles. The van der Waals surface area contributed by atoms with Crippen LogP contribution in [0.15, 0.2) is 60.7 Å². The maximum atomic E-state index is 5.36. The average molecular weight is 239 g/mol. The molecule has 0 aliphatic carbocycles. The normalized spacial score (nSPS) is 10.7. The molecule has 0 unspecified atom stereocenters. The molecule has 0 N–H and O–H groups in total. The van der Waals surface area contributed by atoms with Crippen LogP contribution < -0.4 is 0 Å². The maximum absolute atomic E-state index is 5.36. The van der Waals surface area contributed by atoms with Crippen LogP contribution in [0.4, 0.5) is 0 Å². The zero-order valence-corrected chi connectivity index (χ0v) is 10.7. The highest BCUT2D eigenvalue weighted by atomic mass is 28.2. The molecule has 0 bridgehead atoms. The van der Waals surface area contributed by atoms with Crippen LogP contribution >= 0.6 is 0 Å². The molecule has 0 atom stereocenters. The van der Waals surface area contributed by atoms with Gasteiger partial charge in [0.1, 0.15) is 0 Å². The third-order valence-electron chi connectivity index (χ3n) is 2.78. The Morgan fingerprint density at radius 3 is 1.53 bits per heavy atom. The lowest BCUT2D eigenvalue weighted by Gasteiger charge is -2.15. The summed E-state index contributed by atoms with van der Waals surface area (Å²) in [5.41, 5.74) is 2.60. The Labute approximate surface area is 106 Å². The predicted octanol–water partition coefficient (Wildman–Crippen LogP) is 2.94. The second-order valence-electron chi connectivity index (χ2n) is 4.12. The summed E-state index contributed by atoms with van der Waals surface area (Å²) in [4.78, 5) is 0. The van der Waals surface area contributed by atoms with E-state index in [1.165, 1.54) is 11.1 Å². The van der Waals surface area contributed by atoms with Crippen molar-refractivity contribution < 1.29 is 4.43 Å². The fraction of sp³-hybridized carbons (Fsp3) is 0.200. The van der Waals surface area contributed by atoms with E-state index in [2.05, 4.69) is 59.0 Å². The van der Waals surface area contributed by atoms with Crippen molar-refractivity contribution in [2.24, 2.45) is 0 Å². The minimum absolute atomic E-state index is 0.163. The van der Waals surface area contributed by atoms with Gasteiger partial charge in [-0.2, -0.15) is 0 Å². The average Bonchev–Trinajstić information content (AvgIpc) is 2.40. The molecule has 3 radical (unpaired) electrons. The minimum Gasteiger partial charge on any atom is -0.415 e. The van der Waals surface area contributed by atoms with Gasteiger partial charge in [0.2, 0.25) is 10.5 Å². The molecule has 85 valence electrons. The van der Waals surface area contributed by atoms with Crippen molar-refractivity contribution in [1.82, 2.24) is 0 Å². The van der Waals surface area contributed by atoms with Gasteiger partial charge in [-0.05, 0) is 24.0 Å². The lowest BCUT2D eigenvalue weighted by molar-refractivity contribution is 0.222. The largest absolute Gasteiger partial charge is 0.415 e. The van der Waals surface area contributed by atoms with Crippen LogP contribution in [0, 0.1) is 0 Å². The maximum Gasteiger partial charge on any atom is 0.246 e. The molecule has 2 aromatic rings. The van der Waals surface area contributed by atoms with E-state index in [0.717, 1.165) is 12.8 Å². The van der Waals surface area contributed by atoms with Gasteiger partial charge in [0.05, 0.1) is 6.10 Å². The second-order valence-corrected chi connectivity index (χ2v) is 4.36. The van der Waals surface area contributed by atoms with Gasteiger partial charge in [0.25, 0.3) is 0 Å². The first-order chi connectivity index (χ1) is 8.38. The topological polar surface area (TPSA) is 9.23 Å². The Balaban J connectivity index is 1.98. The fourth-order valence-corrected chi connectivity index (χ4v) is 2.08. The first kappa shape index (κ1) is 12.1. The summed E-state index contributed by atoms with van der Waals surface area (Å²) >= 11 is 0. The van der Waals surface area contributed by atoms with Crippen molar-refractivity contribution in [3.63, 3.8) is 0 Å². The smallest absolute Gasteiger partial charge is 0.246 e. The van der Waals surface area contributed by atoms with E-state index >= 15 is 0 Å². The van der Waals surface area contributed by atoms with Crippen molar-refractivity contribution >= 4 is 10.5 Å². The van der Waals surface area contributed by atoms with Gasteiger partial charge < -0.3 is 4.43 Å². The van der Waals surface area contributed by atoms with E-state index in [9.17, 15) is 0 Å². The first-order valence-corrected chi connectivity index (χ1v) is 6.19. The van der Waals surface area contributed by atoms with E-state index in [-0.39, 0.29) is 6.10 Å². The van der Waals surface area contributed by atoms with Crippen molar-refractivity contribution in [2.45, 2.75) is 18.9 Å². The third kappa shape index (κ3) is 3.84. The molecular formula is C15H15OSi. The van der Waals surface area contributed by atoms with Gasteiger partial charge in [0.15, 0.2) is 0 Å². The zero-order chi connectivity index (χ0) is 11.9. The van der Waals surface area contributed by atoms with Crippen LogP contribution in [-0.4, -0.2) is 16.6 Å². The summed E-state index contributed by atoms with van der Waals surface area (Å²) in [6.07, 6.45) is 2.00. The highest BCUT2D eigenvalue weighted by molar-refractivity contribution is 5.98. The Hall–Kier alpha value is -1.38. The SMILES string of the molecule is [Si]OC(Cc1ccccc1)Cc1ccccc1. The monoisotopic (exact) mass is 239 g/mol. The van der Waals surface area contributed by atoms with Crippen LogP contribution in [-0.2, 0) is 17.3 Å². The Morgan fingerprint density at radius 2 is 1.18 bits per heavy atom. The van der Waals surface area contributed by atoms with Gasteiger partial charge in [-0.3, -0.25) is 0 Å². The standard InChI is InChI=1S/C15H15OSi/c17-16-15(11-13-7-3-1-4-8-13)12-14-9-5-2-6-10-14/h1-10,15H,11-12H2. The Kier molecular flexibility index (Phi) is 4.53. The summed E-state index contributed by atoms with van der Waals surface area (Å²) in [6.45, 7) is 0. The highest BCUT2D eigenvalue weighted by Gasteiger charge is 2.08. The van der Waals surface area contributed by atoms with E-state index in [1.807, 2.05) is 12.1 Å². The molecule has 0 aromatic heterocycles. The predicted molar refractivity (Wildman–Crippen MR) is 70.9 cm³/mol. The molecule has 0 heterocycles. The number of rotatable bonds is 5. The van der Waals surface area contributed by atoms with E-state index in [1.54, 1.807) is 0 Å². The van der Waals surface area contributed by atoms with Crippen molar-refractivity contribution in [2.75, 3.05) is 0 Å². The van der Waals surface area contributed by atoms with Crippen LogP contribution in [0.2, 0.25) is 0 Å². The summed E-state index contributed by atoms with van der Waals surface area (Å²) < 4.78 is 5.36. The molecule has 0 aliphatic rings. The van der Waals surface area contributed by atoms with Crippen molar-refractivity contribution in [3.8, 4) is 0 Å². The van der Waals surface area contributed by atoms with E-state index in [4.69, 9.17) is 4.43 Å². The van der Waals surface area contributed by atoms with Gasteiger partial charge >= 0.3 is 0 Å². The summed E-state index contributed by atoms with van der Waals surface area (Å²) in [7, 11) is 3.18. The third-order valence-corrected chi connectivity index (χ3v) is 3.11. The van der Waals surface area contributed by atoms with Crippen LogP contribution in [0.1, 0.15) is 11.1 Å². The Morgan fingerprint density at radius 1 is 0.765 bits per heavy atom. The molecule has 0 amide bonds. The second kappa shape index (κ2) is 6.38. The number of benzene rings is 2. The van der Waals surface area contributed by atoms with Crippen molar-refractivity contribution in [1.29, 1.82) is 0 Å². The molecule has 0 saturated carbocycles. The lowest BCUT2D eigenvalue weighted by Crippen LogP contribution is -2.17. The summed E-state index contributed by atoms with van der Waals surface area (Å²) in [5, 5.41) is 0. The zero-order valence-electron chi connectivity index (χ0n) is 9.67. The van der Waals surface area contributed by atoms with Crippen LogP contribution in [0.5, 0.6) is 0 Å².